The van der Waals surface area contributed by atoms with Crippen molar-refractivity contribution in [3.05, 3.63) is 174 Å². The zero-order valence-electron chi connectivity index (χ0n) is 20.4. The Hall–Kier alpha value is -4.36. The second kappa shape index (κ2) is 11.7. The Balaban J connectivity index is 1.68. The summed E-state index contributed by atoms with van der Waals surface area (Å²) < 4.78 is 0. The van der Waals surface area contributed by atoms with Crippen LogP contribution in [0.15, 0.2) is 157 Å². The molecule has 4 aromatic carbocycles. The Kier molecular flexibility index (Phi) is 7.93. The fourth-order valence-corrected chi connectivity index (χ4v) is 4.01. The predicted octanol–water partition coefficient (Wildman–Crippen LogP) is 9.28. The van der Waals surface area contributed by atoms with Crippen molar-refractivity contribution in [1.29, 1.82) is 0 Å². The molecule has 0 saturated carbocycles. The van der Waals surface area contributed by atoms with Crippen LogP contribution >= 0.6 is 0 Å². The lowest BCUT2D eigenvalue weighted by molar-refractivity contribution is 1.19. The Labute approximate surface area is 209 Å². The predicted molar refractivity (Wildman–Crippen MR) is 152 cm³/mol. The van der Waals surface area contributed by atoms with Crippen molar-refractivity contribution < 1.29 is 0 Å². The zero-order chi connectivity index (χ0) is 24.5. The minimum atomic E-state index is 0.934. The molecule has 1 nitrogen and oxygen atoms in total. The number of hydrogen-bond acceptors (Lipinski definition) is 1. The number of para-hydroxylation sites is 1. The smallest absolute Gasteiger partial charge is 0.0461 e. The quantitative estimate of drug-likeness (QED) is 0.240. The first-order chi connectivity index (χ1) is 17.2. The summed E-state index contributed by atoms with van der Waals surface area (Å²) in [5.41, 5.74) is 8.99. The van der Waals surface area contributed by atoms with Gasteiger partial charge in [0.05, 0.1) is 0 Å². The van der Waals surface area contributed by atoms with Crippen LogP contribution in [-0.4, -0.2) is 0 Å². The average molecular weight is 454 g/mol. The lowest BCUT2D eigenvalue weighted by Gasteiger charge is -2.26. The number of nitrogens with zero attached hydrogens (tertiary/aromatic N) is 1. The third-order valence-electron chi connectivity index (χ3n) is 5.83. The van der Waals surface area contributed by atoms with E-state index in [1.807, 2.05) is 18.2 Å². The van der Waals surface area contributed by atoms with Crippen LogP contribution in [0.2, 0.25) is 0 Å². The second-order valence-corrected chi connectivity index (χ2v) is 8.42. The number of hydrogen-bond donors (Lipinski definition) is 0. The molecule has 0 aliphatic carbocycles. The molecule has 4 rings (SSSR count). The summed E-state index contributed by atoms with van der Waals surface area (Å²) in [7, 11) is 0. The highest BCUT2D eigenvalue weighted by Crippen LogP contribution is 2.31. The first-order valence-corrected chi connectivity index (χ1v) is 11.9. The molecule has 0 radical (unpaired) electrons. The lowest BCUT2D eigenvalue weighted by Crippen LogP contribution is -2.15. The van der Waals surface area contributed by atoms with E-state index in [2.05, 4.69) is 147 Å². The molecule has 0 saturated heterocycles. The van der Waals surface area contributed by atoms with E-state index in [0.29, 0.717) is 0 Å². The van der Waals surface area contributed by atoms with E-state index < -0.39 is 0 Å². The number of aryl methyl sites for hydroxylation is 1. The fourth-order valence-electron chi connectivity index (χ4n) is 4.01. The van der Waals surface area contributed by atoms with E-state index in [4.69, 9.17) is 0 Å². The molecule has 0 amide bonds. The van der Waals surface area contributed by atoms with Gasteiger partial charge in [0.15, 0.2) is 0 Å². The van der Waals surface area contributed by atoms with Gasteiger partial charge >= 0.3 is 0 Å². The molecule has 0 spiro atoms. The van der Waals surface area contributed by atoms with Gasteiger partial charge in [-0.1, -0.05) is 115 Å². The average Bonchev–Trinajstić information content (AvgIpc) is 2.92. The summed E-state index contributed by atoms with van der Waals surface area (Å²) in [4.78, 5) is 2.27. The second-order valence-electron chi connectivity index (χ2n) is 8.42. The molecule has 0 N–H and O–H groups in total. The Morgan fingerprint density at radius 3 is 1.63 bits per heavy atom. The highest BCUT2D eigenvalue weighted by Gasteiger charge is 2.12. The van der Waals surface area contributed by atoms with E-state index in [1.54, 1.807) is 0 Å². The summed E-state index contributed by atoms with van der Waals surface area (Å²) >= 11 is 0. The first kappa shape index (κ1) is 23.8. The van der Waals surface area contributed by atoms with Gasteiger partial charge in [-0.15, -0.1) is 0 Å². The highest BCUT2D eigenvalue weighted by molar-refractivity contribution is 5.82. The number of allylic oxidation sites excluding steroid dienone is 5. The summed E-state index contributed by atoms with van der Waals surface area (Å²) in [6, 6.07) is 40.0. The molecule has 35 heavy (non-hydrogen) atoms. The maximum atomic E-state index is 4.36. The molecular formula is C34H31N. The van der Waals surface area contributed by atoms with Crippen molar-refractivity contribution in [1.82, 2.24) is 0 Å². The van der Waals surface area contributed by atoms with Crippen LogP contribution < -0.4 is 4.90 Å². The molecule has 0 aromatic heterocycles. The molecule has 0 unspecified atom stereocenters. The third-order valence-corrected chi connectivity index (χ3v) is 5.83. The van der Waals surface area contributed by atoms with Gasteiger partial charge in [-0.25, -0.2) is 0 Å². The molecule has 4 aromatic rings. The Bertz CT molecular complexity index is 1280. The van der Waals surface area contributed by atoms with Gasteiger partial charge in [0, 0.05) is 17.1 Å². The normalized spacial score (nSPS) is 11.3. The van der Waals surface area contributed by atoms with E-state index in [9.17, 15) is 0 Å². The van der Waals surface area contributed by atoms with Crippen LogP contribution in [0.4, 0.5) is 11.4 Å². The fraction of sp³-hybridized carbons (Fsp3) is 0.0588. The monoisotopic (exact) mass is 453 g/mol. The summed E-state index contributed by atoms with van der Waals surface area (Å²) in [5, 5.41) is 0. The van der Waals surface area contributed by atoms with Gasteiger partial charge in [0.25, 0.3) is 0 Å². The molecule has 0 atom stereocenters. The minimum Gasteiger partial charge on any atom is -0.311 e. The zero-order valence-corrected chi connectivity index (χ0v) is 20.4. The summed E-state index contributed by atoms with van der Waals surface area (Å²) in [6.07, 6.45) is 8.52. The largest absolute Gasteiger partial charge is 0.311 e. The number of anilines is 2. The molecule has 172 valence electrons. The number of benzene rings is 4. The van der Waals surface area contributed by atoms with Crippen LogP contribution in [-0.2, 0) is 0 Å². The van der Waals surface area contributed by atoms with Gasteiger partial charge in [0.2, 0.25) is 0 Å². The van der Waals surface area contributed by atoms with Crippen molar-refractivity contribution in [2.24, 2.45) is 0 Å². The molecule has 0 aliphatic rings. The third kappa shape index (κ3) is 6.16. The van der Waals surface area contributed by atoms with Crippen molar-refractivity contribution in [2.75, 3.05) is 4.90 Å². The van der Waals surface area contributed by atoms with Crippen LogP contribution in [0.25, 0.3) is 5.57 Å². The van der Waals surface area contributed by atoms with Gasteiger partial charge in [-0.3, -0.25) is 0 Å². The first-order valence-electron chi connectivity index (χ1n) is 11.9. The van der Waals surface area contributed by atoms with Crippen LogP contribution in [0, 0.1) is 6.92 Å². The lowest BCUT2D eigenvalue weighted by atomic mass is 9.96. The number of rotatable bonds is 8. The van der Waals surface area contributed by atoms with Gasteiger partial charge in [-0.05, 0) is 72.5 Å². The minimum absolute atomic E-state index is 0.934. The summed E-state index contributed by atoms with van der Waals surface area (Å²) in [6.45, 7) is 8.54. The van der Waals surface area contributed by atoms with Gasteiger partial charge in [0.1, 0.15) is 0 Å². The topological polar surface area (TPSA) is 3.24 Å². The van der Waals surface area contributed by atoms with E-state index >= 15 is 0 Å². The Morgan fingerprint density at radius 1 is 0.629 bits per heavy atom. The van der Waals surface area contributed by atoms with Crippen molar-refractivity contribution in [2.45, 2.75) is 13.8 Å². The summed E-state index contributed by atoms with van der Waals surface area (Å²) in [5.74, 6) is 0. The highest BCUT2D eigenvalue weighted by atomic mass is 15.1. The van der Waals surface area contributed by atoms with Crippen molar-refractivity contribution in [3.8, 4) is 0 Å². The van der Waals surface area contributed by atoms with Gasteiger partial charge in [-0.2, -0.15) is 0 Å². The maximum absolute atomic E-state index is 4.36. The van der Waals surface area contributed by atoms with E-state index in [0.717, 1.165) is 28.2 Å². The van der Waals surface area contributed by atoms with Crippen molar-refractivity contribution in [3.63, 3.8) is 0 Å². The molecule has 0 bridgehead atoms. The standard InChI is InChI=1S/C34H31N/c1-4-31(35(32-18-12-7-13-19-32)33-24-20-27(2)21-25-33)23-22-28(3)26-34(29-14-8-5-9-15-29)30-16-10-6-11-17-30/h4-26H,3H2,1-2H3/b23-22-,31-4+. The van der Waals surface area contributed by atoms with Crippen LogP contribution in [0.1, 0.15) is 23.6 Å². The molecule has 0 aliphatic heterocycles. The molecular weight excluding hydrogens is 422 g/mol. The van der Waals surface area contributed by atoms with Crippen LogP contribution in [0.3, 0.4) is 0 Å². The van der Waals surface area contributed by atoms with E-state index in [-0.39, 0.29) is 0 Å². The molecule has 0 fully saturated rings. The molecule has 1 heteroatoms. The van der Waals surface area contributed by atoms with Gasteiger partial charge < -0.3 is 4.90 Å². The van der Waals surface area contributed by atoms with Crippen molar-refractivity contribution >= 4 is 16.9 Å². The SMILES string of the molecule is C=C(C=C(c1ccccc1)c1ccccc1)/C=C\C(=C/C)N(c1ccccc1)c1ccc(C)cc1. The van der Waals surface area contributed by atoms with Crippen LogP contribution in [0.5, 0.6) is 0 Å². The maximum Gasteiger partial charge on any atom is 0.0461 e. The Morgan fingerprint density at radius 2 is 1.11 bits per heavy atom. The molecule has 0 heterocycles. The van der Waals surface area contributed by atoms with E-state index in [1.165, 1.54) is 16.7 Å².